The van der Waals surface area contributed by atoms with E-state index in [-0.39, 0.29) is 0 Å². The molecule has 1 aliphatic carbocycles. The maximum atomic E-state index is 5.16. The Labute approximate surface area is 106 Å². The van der Waals surface area contributed by atoms with Gasteiger partial charge in [-0.1, -0.05) is 32.0 Å². The number of rotatable bonds is 4. The molecule has 0 unspecified atom stereocenters. The molecule has 16 heavy (non-hydrogen) atoms. The molecule has 0 spiro atoms. The lowest BCUT2D eigenvalue weighted by molar-refractivity contribution is 0.886. The van der Waals surface area contributed by atoms with Crippen LogP contribution in [0, 0.1) is 4.64 Å². The van der Waals surface area contributed by atoms with Crippen molar-refractivity contribution >= 4 is 24.0 Å². The largest absolute Gasteiger partial charge is 0.346 e. The normalized spacial score (nSPS) is 16.8. The summed E-state index contributed by atoms with van der Waals surface area (Å²) < 4.78 is 0.720. The number of aromatic nitrogens is 2. The van der Waals surface area contributed by atoms with E-state index in [1.807, 2.05) is 17.8 Å². The molecule has 0 radical (unpaired) electrons. The number of aryl methyl sites for hydroxylation is 1. The van der Waals surface area contributed by atoms with Gasteiger partial charge in [0.25, 0.3) is 0 Å². The Morgan fingerprint density at radius 2 is 2.25 bits per heavy atom. The molecule has 0 atom stereocenters. The number of H-pyrrole nitrogens is 1. The first kappa shape index (κ1) is 12.1. The zero-order valence-corrected chi connectivity index (χ0v) is 11.3. The Kier molecular flexibility index (Phi) is 4.41. The zero-order valence-electron chi connectivity index (χ0n) is 9.66. The highest BCUT2D eigenvalue weighted by Gasteiger charge is 2.15. The van der Waals surface area contributed by atoms with Crippen molar-refractivity contribution in [2.45, 2.75) is 50.0 Å². The average molecular weight is 254 g/mol. The van der Waals surface area contributed by atoms with Crippen LogP contribution >= 0.6 is 24.0 Å². The van der Waals surface area contributed by atoms with Gasteiger partial charge in [0.15, 0.2) is 0 Å². The molecule has 0 bridgehead atoms. The van der Waals surface area contributed by atoms with Crippen molar-refractivity contribution in [3.8, 4) is 0 Å². The second-order valence-electron chi connectivity index (χ2n) is 4.26. The number of nitrogens with one attached hydrogen (secondary N) is 1. The summed E-state index contributed by atoms with van der Waals surface area (Å²) in [5.41, 5.74) is 1.20. The Morgan fingerprint density at radius 3 is 2.94 bits per heavy atom. The van der Waals surface area contributed by atoms with E-state index < -0.39 is 0 Å². The van der Waals surface area contributed by atoms with Crippen molar-refractivity contribution in [1.82, 2.24) is 9.97 Å². The number of thioether (sulfide) groups is 1. The van der Waals surface area contributed by atoms with Crippen LogP contribution in [0.4, 0.5) is 0 Å². The molecule has 0 saturated heterocycles. The van der Waals surface area contributed by atoms with Crippen molar-refractivity contribution in [3.63, 3.8) is 0 Å². The van der Waals surface area contributed by atoms with Gasteiger partial charge in [0.05, 0.1) is 5.75 Å². The highest BCUT2D eigenvalue weighted by molar-refractivity contribution is 7.99. The SMILES string of the molecule is CCc1cc(=S)nc(CSC2CCCC2)[nH]1. The maximum absolute atomic E-state index is 5.16. The molecule has 1 fully saturated rings. The van der Waals surface area contributed by atoms with Gasteiger partial charge in [-0.15, -0.1) is 0 Å². The molecule has 1 saturated carbocycles. The van der Waals surface area contributed by atoms with Gasteiger partial charge in [0, 0.05) is 10.9 Å². The fourth-order valence-electron chi connectivity index (χ4n) is 2.07. The summed E-state index contributed by atoms with van der Waals surface area (Å²) in [5, 5.41) is 0.842. The Balaban J connectivity index is 1.97. The van der Waals surface area contributed by atoms with E-state index in [2.05, 4.69) is 16.9 Å². The molecular formula is C12H18N2S2. The fourth-order valence-corrected chi connectivity index (χ4v) is 3.52. The third-order valence-corrected chi connectivity index (χ3v) is 4.58. The minimum atomic E-state index is 0.720. The lowest BCUT2D eigenvalue weighted by Crippen LogP contribution is -2.01. The van der Waals surface area contributed by atoms with Crippen LogP contribution in [0.2, 0.25) is 0 Å². The summed E-state index contributed by atoms with van der Waals surface area (Å²) in [6, 6.07) is 1.96. The quantitative estimate of drug-likeness (QED) is 0.827. The maximum Gasteiger partial charge on any atom is 0.130 e. The lowest BCUT2D eigenvalue weighted by atomic mass is 10.3. The van der Waals surface area contributed by atoms with Gasteiger partial charge < -0.3 is 4.98 Å². The smallest absolute Gasteiger partial charge is 0.130 e. The third-order valence-electron chi connectivity index (χ3n) is 2.99. The van der Waals surface area contributed by atoms with Gasteiger partial charge in [-0.3, -0.25) is 0 Å². The number of hydrogen-bond donors (Lipinski definition) is 1. The molecule has 0 amide bonds. The number of aromatic amines is 1. The van der Waals surface area contributed by atoms with E-state index >= 15 is 0 Å². The Hall–Kier alpha value is -0.350. The van der Waals surface area contributed by atoms with Gasteiger partial charge in [0.2, 0.25) is 0 Å². The molecule has 0 aromatic carbocycles. The van der Waals surface area contributed by atoms with Crippen molar-refractivity contribution in [3.05, 3.63) is 22.2 Å². The van der Waals surface area contributed by atoms with Crippen LogP contribution < -0.4 is 0 Å². The van der Waals surface area contributed by atoms with Crippen LogP contribution in [0.5, 0.6) is 0 Å². The van der Waals surface area contributed by atoms with Gasteiger partial charge in [-0.25, -0.2) is 4.98 Å². The second-order valence-corrected chi connectivity index (χ2v) is 5.97. The van der Waals surface area contributed by atoms with E-state index in [0.717, 1.165) is 27.9 Å². The summed E-state index contributed by atoms with van der Waals surface area (Å²) in [5.74, 6) is 2.02. The van der Waals surface area contributed by atoms with E-state index in [1.54, 1.807) is 0 Å². The predicted molar refractivity (Wildman–Crippen MR) is 72.4 cm³/mol. The summed E-state index contributed by atoms with van der Waals surface area (Å²) in [7, 11) is 0. The van der Waals surface area contributed by atoms with Crippen molar-refractivity contribution < 1.29 is 0 Å². The molecule has 1 heterocycles. The van der Waals surface area contributed by atoms with Crippen molar-refractivity contribution in [2.24, 2.45) is 0 Å². The van der Waals surface area contributed by atoms with E-state index in [4.69, 9.17) is 12.2 Å². The van der Waals surface area contributed by atoms with Gasteiger partial charge in [0.1, 0.15) is 10.5 Å². The van der Waals surface area contributed by atoms with Crippen LogP contribution in [0.3, 0.4) is 0 Å². The fraction of sp³-hybridized carbons (Fsp3) is 0.667. The van der Waals surface area contributed by atoms with Gasteiger partial charge in [-0.05, 0) is 25.3 Å². The third kappa shape index (κ3) is 3.32. The molecule has 1 aromatic heterocycles. The molecule has 1 N–H and O–H groups in total. The van der Waals surface area contributed by atoms with E-state index in [1.165, 1.54) is 31.4 Å². The van der Waals surface area contributed by atoms with Gasteiger partial charge in [-0.2, -0.15) is 11.8 Å². The molecule has 2 nitrogen and oxygen atoms in total. The van der Waals surface area contributed by atoms with Gasteiger partial charge >= 0.3 is 0 Å². The van der Waals surface area contributed by atoms with Crippen LogP contribution in [-0.2, 0) is 12.2 Å². The van der Waals surface area contributed by atoms with Crippen molar-refractivity contribution in [2.75, 3.05) is 0 Å². The first-order valence-electron chi connectivity index (χ1n) is 5.98. The standard InChI is InChI=1S/C12H18N2S2/c1-2-9-7-12(15)14-11(13-9)8-16-10-5-3-4-6-10/h7,10H,2-6,8H2,1H3,(H,13,14,15). The summed E-state index contributed by atoms with van der Waals surface area (Å²) in [6.07, 6.45) is 6.54. The average Bonchev–Trinajstić information content (AvgIpc) is 2.78. The predicted octanol–water partition coefficient (Wildman–Crippen LogP) is 3.88. The molecule has 1 aromatic rings. The summed E-state index contributed by atoms with van der Waals surface area (Å²) in [4.78, 5) is 7.74. The number of hydrogen-bond acceptors (Lipinski definition) is 3. The Morgan fingerprint density at radius 1 is 1.50 bits per heavy atom. The molecule has 1 aliphatic rings. The van der Waals surface area contributed by atoms with Crippen LogP contribution in [0.25, 0.3) is 0 Å². The molecule has 88 valence electrons. The zero-order chi connectivity index (χ0) is 11.4. The molecular weight excluding hydrogens is 236 g/mol. The monoisotopic (exact) mass is 254 g/mol. The highest BCUT2D eigenvalue weighted by atomic mass is 32.2. The molecule has 4 heteroatoms. The highest BCUT2D eigenvalue weighted by Crippen LogP contribution is 2.30. The first-order valence-corrected chi connectivity index (χ1v) is 7.44. The van der Waals surface area contributed by atoms with Crippen LogP contribution in [0.15, 0.2) is 6.07 Å². The van der Waals surface area contributed by atoms with Crippen LogP contribution in [0.1, 0.15) is 44.1 Å². The van der Waals surface area contributed by atoms with Crippen molar-refractivity contribution in [1.29, 1.82) is 0 Å². The molecule has 2 rings (SSSR count). The summed E-state index contributed by atoms with van der Waals surface area (Å²) >= 11 is 7.19. The topological polar surface area (TPSA) is 28.7 Å². The van der Waals surface area contributed by atoms with E-state index in [9.17, 15) is 0 Å². The summed E-state index contributed by atoms with van der Waals surface area (Å²) in [6.45, 7) is 2.13. The van der Waals surface area contributed by atoms with E-state index in [0.29, 0.717) is 0 Å². The number of nitrogens with zero attached hydrogens (tertiary/aromatic N) is 1. The minimum absolute atomic E-state index is 0.720. The lowest BCUT2D eigenvalue weighted by Gasteiger charge is -2.08. The second kappa shape index (κ2) is 5.82. The first-order chi connectivity index (χ1) is 7.78. The minimum Gasteiger partial charge on any atom is -0.346 e. The Bertz CT molecular complexity index is 394. The van der Waals surface area contributed by atoms with Crippen LogP contribution in [-0.4, -0.2) is 15.2 Å². The molecule has 0 aliphatic heterocycles.